The van der Waals surface area contributed by atoms with Crippen molar-refractivity contribution in [2.24, 2.45) is 0 Å². The van der Waals surface area contributed by atoms with Gasteiger partial charge in [-0.05, 0) is 41.7 Å². The molecule has 4 rings (SSSR count). The number of nitrogens with zero attached hydrogens (tertiary/aromatic N) is 2. The summed E-state index contributed by atoms with van der Waals surface area (Å²) in [5, 5.41) is 2.88. The molecule has 1 N–H and O–H groups in total. The van der Waals surface area contributed by atoms with E-state index in [0.29, 0.717) is 24.2 Å². The molecule has 0 atom stereocenters. The molecule has 0 saturated carbocycles. The van der Waals surface area contributed by atoms with Gasteiger partial charge in [0.05, 0.1) is 11.1 Å². The van der Waals surface area contributed by atoms with E-state index in [4.69, 9.17) is 0 Å². The maximum atomic E-state index is 13.3. The molecule has 3 aromatic rings. The fourth-order valence-corrected chi connectivity index (χ4v) is 4.19. The summed E-state index contributed by atoms with van der Waals surface area (Å²) in [5.74, 6) is -0.615. The molecule has 0 aliphatic carbocycles. The van der Waals surface area contributed by atoms with E-state index in [1.54, 1.807) is 18.5 Å². The van der Waals surface area contributed by atoms with E-state index in [1.807, 2.05) is 72.8 Å². The summed E-state index contributed by atoms with van der Waals surface area (Å²) in [5.41, 5.74) is 3.32. The number of benzene rings is 2. The molecule has 2 heterocycles. The van der Waals surface area contributed by atoms with Crippen LogP contribution in [0.1, 0.15) is 42.4 Å². The predicted molar refractivity (Wildman–Crippen MR) is 141 cm³/mol. The van der Waals surface area contributed by atoms with Gasteiger partial charge < -0.3 is 5.32 Å². The van der Waals surface area contributed by atoms with Gasteiger partial charge in [0.1, 0.15) is 0 Å². The van der Waals surface area contributed by atoms with Crippen LogP contribution in [0.5, 0.6) is 0 Å². The van der Waals surface area contributed by atoms with E-state index in [-0.39, 0.29) is 17.7 Å². The van der Waals surface area contributed by atoms with Gasteiger partial charge in [0.15, 0.2) is 0 Å². The number of nitrogens with one attached hydrogen (secondary N) is 1. The van der Waals surface area contributed by atoms with Gasteiger partial charge >= 0.3 is 0 Å². The second-order valence-corrected chi connectivity index (χ2v) is 8.57. The number of carbonyl (C=O) groups excluding carboxylic acids is 3. The zero-order valence-electron chi connectivity index (χ0n) is 20.1. The van der Waals surface area contributed by atoms with Crippen LogP contribution in [0.25, 0.3) is 17.2 Å². The second-order valence-electron chi connectivity index (χ2n) is 8.57. The summed E-state index contributed by atoms with van der Waals surface area (Å²) < 4.78 is 0. The first kappa shape index (κ1) is 24.8. The third-order valence-corrected chi connectivity index (χ3v) is 6.01. The van der Waals surface area contributed by atoms with Crippen LogP contribution in [0.3, 0.4) is 0 Å². The van der Waals surface area contributed by atoms with Crippen molar-refractivity contribution >= 4 is 34.9 Å². The van der Waals surface area contributed by atoms with E-state index >= 15 is 0 Å². The summed E-state index contributed by atoms with van der Waals surface area (Å²) in [6.07, 6.45) is 9.92. The van der Waals surface area contributed by atoms with Gasteiger partial charge in [0.2, 0.25) is 5.91 Å². The standard InChI is InChI=1S/C30H29N3O3/c34-26(18-17-23-12-11-19-31-22-23)32-20-9-1-2-10-21-33-29(35)27(24-13-5-3-6-14-24)28(30(33)36)25-15-7-4-8-16-25/h3-8,11-19,22H,1-2,9-10,20-21H2,(H,32,34)/b18-17-. The number of rotatable bonds is 11. The molecular weight excluding hydrogens is 450 g/mol. The van der Waals surface area contributed by atoms with Crippen LogP contribution in [0.2, 0.25) is 0 Å². The number of hydrogen-bond acceptors (Lipinski definition) is 4. The van der Waals surface area contributed by atoms with Gasteiger partial charge in [0, 0.05) is 31.6 Å². The molecule has 6 heteroatoms. The summed E-state index contributed by atoms with van der Waals surface area (Å²) >= 11 is 0. The van der Waals surface area contributed by atoms with E-state index in [0.717, 1.165) is 42.4 Å². The first-order valence-corrected chi connectivity index (χ1v) is 12.2. The number of carbonyl (C=O) groups is 3. The number of unbranched alkanes of at least 4 members (excludes halogenated alkanes) is 3. The zero-order valence-corrected chi connectivity index (χ0v) is 20.1. The molecule has 0 saturated heterocycles. The lowest BCUT2D eigenvalue weighted by Crippen LogP contribution is -2.32. The highest BCUT2D eigenvalue weighted by atomic mass is 16.2. The molecule has 0 fully saturated rings. The molecular formula is C30H29N3O3. The Balaban J connectivity index is 1.26. The highest BCUT2D eigenvalue weighted by molar-refractivity contribution is 6.48. The van der Waals surface area contributed by atoms with Crippen molar-refractivity contribution in [2.45, 2.75) is 25.7 Å². The molecule has 2 aromatic carbocycles. The third kappa shape index (κ3) is 6.21. The Hall–Kier alpha value is -4.32. The Bertz CT molecular complexity index is 1190. The molecule has 1 aromatic heterocycles. The van der Waals surface area contributed by atoms with Crippen molar-refractivity contribution in [1.29, 1.82) is 0 Å². The molecule has 36 heavy (non-hydrogen) atoms. The highest BCUT2D eigenvalue weighted by Gasteiger charge is 2.38. The minimum absolute atomic E-state index is 0.139. The first-order chi connectivity index (χ1) is 17.6. The van der Waals surface area contributed by atoms with E-state index in [9.17, 15) is 14.4 Å². The molecule has 6 nitrogen and oxygen atoms in total. The normalized spacial score (nSPS) is 13.6. The van der Waals surface area contributed by atoms with Crippen LogP contribution in [-0.2, 0) is 14.4 Å². The van der Waals surface area contributed by atoms with Crippen molar-refractivity contribution < 1.29 is 14.4 Å². The Morgan fingerprint density at radius 3 is 1.97 bits per heavy atom. The SMILES string of the molecule is O=C(/C=C\c1cccnc1)NCCCCCCN1C(=O)C(c2ccccc2)=C(c2ccccc2)C1=O. The van der Waals surface area contributed by atoms with Crippen LogP contribution in [-0.4, -0.2) is 40.7 Å². The minimum atomic E-state index is -0.238. The Labute approximate surface area is 211 Å². The summed E-state index contributed by atoms with van der Waals surface area (Å²) in [6, 6.07) is 22.5. The van der Waals surface area contributed by atoms with Gasteiger partial charge in [-0.2, -0.15) is 0 Å². The molecule has 1 aliphatic rings. The van der Waals surface area contributed by atoms with Crippen molar-refractivity contribution in [1.82, 2.24) is 15.2 Å². The minimum Gasteiger partial charge on any atom is -0.353 e. The lowest BCUT2D eigenvalue weighted by atomic mass is 9.96. The second kappa shape index (κ2) is 12.4. The van der Waals surface area contributed by atoms with Crippen LogP contribution in [0.15, 0.2) is 91.3 Å². The largest absolute Gasteiger partial charge is 0.353 e. The van der Waals surface area contributed by atoms with E-state index in [1.165, 1.54) is 11.0 Å². The molecule has 0 radical (unpaired) electrons. The average Bonchev–Trinajstić information content (AvgIpc) is 3.17. The molecule has 0 unspecified atom stereocenters. The predicted octanol–water partition coefficient (Wildman–Crippen LogP) is 4.75. The maximum Gasteiger partial charge on any atom is 0.262 e. The molecule has 182 valence electrons. The lowest BCUT2D eigenvalue weighted by Gasteiger charge is -2.15. The molecule has 0 bridgehead atoms. The summed E-state index contributed by atoms with van der Waals surface area (Å²) in [4.78, 5) is 43.9. The van der Waals surface area contributed by atoms with Crippen LogP contribution in [0.4, 0.5) is 0 Å². The van der Waals surface area contributed by atoms with Gasteiger partial charge in [-0.1, -0.05) is 79.6 Å². The summed E-state index contributed by atoms with van der Waals surface area (Å²) in [6.45, 7) is 0.959. The van der Waals surface area contributed by atoms with Gasteiger partial charge in [-0.25, -0.2) is 0 Å². The number of pyridine rings is 1. The van der Waals surface area contributed by atoms with Gasteiger partial charge in [-0.3, -0.25) is 24.3 Å². The van der Waals surface area contributed by atoms with E-state index < -0.39 is 0 Å². The summed E-state index contributed by atoms with van der Waals surface area (Å²) in [7, 11) is 0. The van der Waals surface area contributed by atoms with Crippen LogP contribution >= 0.6 is 0 Å². The molecule has 1 aliphatic heterocycles. The fourth-order valence-electron chi connectivity index (χ4n) is 4.19. The quantitative estimate of drug-likeness (QED) is 0.245. The number of hydrogen-bond donors (Lipinski definition) is 1. The van der Waals surface area contributed by atoms with Gasteiger partial charge in [0.25, 0.3) is 11.8 Å². The Morgan fingerprint density at radius 2 is 1.39 bits per heavy atom. The highest BCUT2D eigenvalue weighted by Crippen LogP contribution is 2.35. The molecule has 0 spiro atoms. The topological polar surface area (TPSA) is 79.4 Å². The fraction of sp³-hybridized carbons (Fsp3) is 0.200. The monoisotopic (exact) mass is 479 g/mol. The van der Waals surface area contributed by atoms with Gasteiger partial charge in [-0.15, -0.1) is 0 Å². The average molecular weight is 480 g/mol. The van der Waals surface area contributed by atoms with Crippen LogP contribution < -0.4 is 5.32 Å². The van der Waals surface area contributed by atoms with Crippen LogP contribution in [0, 0.1) is 0 Å². The third-order valence-electron chi connectivity index (χ3n) is 6.01. The Kier molecular flexibility index (Phi) is 8.54. The molecule has 3 amide bonds. The number of aromatic nitrogens is 1. The lowest BCUT2D eigenvalue weighted by molar-refractivity contribution is -0.136. The number of amides is 3. The zero-order chi connectivity index (χ0) is 25.2. The van der Waals surface area contributed by atoms with Crippen molar-refractivity contribution in [3.8, 4) is 0 Å². The van der Waals surface area contributed by atoms with Crippen molar-refractivity contribution in [3.05, 3.63) is 108 Å². The maximum absolute atomic E-state index is 13.3. The number of imide groups is 1. The van der Waals surface area contributed by atoms with Crippen molar-refractivity contribution in [2.75, 3.05) is 13.1 Å². The van der Waals surface area contributed by atoms with Crippen molar-refractivity contribution in [3.63, 3.8) is 0 Å². The first-order valence-electron chi connectivity index (χ1n) is 12.2. The Morgan fingerprint density at radius 1 is 0.778 bits per heavy atom. The smallest absolute Gasteiger partial charge is 0.262 e. The van der Waals surface area contributed by atoms with E-state index in [2.05, 4.69) is 10.3 Å².